The number of fused-ring (bicyclic) bond motifs is 1. The highest BCUT2D eigenvalue weighted by Crippen LogP contribution is 2.38. The van der Waals surface area contributed by atoms with Crippen LogP contribution >= 0.6 is 0 Å². The van der Waals surface area contributed by atoms with Gasteiger partial charge in [-0.15, -0.1) is 0 Å². The number of imidazole rings is 1. The van der Waals surface area contributed by atoms with Crippen LogP contribution in [0.1, 0.15) is 19.6 Å². The summed E-state index contributed by atoms with van der Waals surface area (Å²) >= 11 is 0. The molecule has 2 aliphatic heterocycles. The van der Waals surface area contributed by atoms with Gasteiger partial charge in [0.1, 0.15) is 30.2 Å². The van der Waals surface area contributed by atoms with E-state index in [0.29, 0.717) is 17.2 Å². The van der Waals surface area contributed by atoms with Crippen LogP contribution in [0.3, 0.4) is 0 Å². The third-order valence-corrected chi connectivity index (χ3v) is 6.30. The van der Waals surface area contributed by atoms with E-state index in [9.17, 15) is 15.3 Å². The van der Waals surface area contributed by atoms with E-state index >= 15 is 0 Å². The first-order valence-corrected chi connectivity index (χ1v) is 9.16. The summed E-state index contributed by atoms with van der Waals surface area (Å²) in [6.07, 6.45) is -1.54. The lowest BCUT2D eigenvalue weighted by Gasteiger charge is -2.30. The summed E-state index contributed by atoms with van der Waals surface area (Å²) in [6.45, 7) is 2.94. The minimum atomic E-state index is -1.22. The van der Waals surface area contributed by atoms with Crippen LogP contribution in [0.5, 0.6) is 0 Å². The Bertz CT molecular complexity index is 842. The van der Waals surface area contributed by atoms with Crippen molar-refractivity contribution in [1.29, 1.82) is 0 Å². The van der Waals surface area contributed by atoms with Gasteiger partial charge in [-0.3, -0.25) is 4.57 Å². The molecule has 7 atom stereocenters. The average Bonchev–Trinajstić information content (AvgIpc) is 3.24. The van der Waals surface area contributed by atoms with Crippen molar-refractivity contribution in [2.75, 3.05) is 26.4 Å². The minimum absolute atomic E-state index is 0.0156. The predicted octanol–water partition coefficient (Wildman–Crippen LogP) is -1.13. The zero-order chi connectivity index (χ0) is 19.5. The predicted molar refractivity (Wildman–Crippen MR) is 96.2 cm³/mol. The van der Waals surface area contributed by atoms with Crippen molar-refractivity contribution >= 4 is 17.0 Å². The van der Waals surface area contributed by atoms with Crippen LogP contribution in [0, 0.1) is 5.92 Å². The number of anilines is 1. The van der Waals surface area contributed by atoms with E-state index in [2.05, 4.69) is 36.0 Å². The number of ether oxygens (including phenoxy) is 1. The first kappa shape index (κ1) is 18.5. The van der Waals surface area contributed by atoms with Gasteiger partial charge in [0.2, 0.25) is 0 Å². The Morgan fingerprint density at radius 1 is 1.26 bits per heavy atom. The summed E-state index contributed by atoms with van der Waals surface area (Å²) in [4.78, 5) is 12.2. The van der Waals surface area contributed by atoms with Gasteiger partial charge in [0.15, 0.2) is 17.7 Å². The van der Waals surface area contributed by atoms with Crippen molar-refractivity contribution in [2.24, 2.45) is 5.92 Å². The van der Waals surface area contributed by atoms with Crippen LogP contribution in [0.25, 0.3) is 11.2 Å². The Morgan fingerprint density at radius 3 is 2.67 bits per heavy atom. The molecule has 2 fully saturated rings. The number of nitrogen functional groups attached to an aromatic ring is 1. The van der Waals surface area contributed by atoms with Gasteiger partial charge in [-0.25, -0.2) is 15.0 Å². The number of quaternary nitrogens is 1. The molecular formula is C17H27N6O4+. The second-order valence-electron chi connectivity index (χ2n) is 8.35. The molecule has 2 aromatic rings. The molecule has 0 aliphatic carbocycles. The largest absolute Gasteiger partial charge is 0.390 e. The molecule has 148 valence electrons. The van der Waals surface area contributed by atoms with Gasteiger partial charge in [0.25, 0.3) is 0 Å². The second-order valence-corrected chi connectivity index (χ2v) is 8.35. The Balaban J connectivity index is 1.58. The van der Waals surface area contributed by atoms with Crippen molar-refractivity contribution in [3.63, 3.8) is 0 Å². The Morgan fingerprint density at radius 2 is 2.00 bits per heavy atom. The average molecular weight is 379 g/mol. The number of nitrogens with two attached hydrogens (primary N) is 1. The highest BCUT2D eigenvalue weighted by molar-refractivity contribution is 5.81. The second kappa shape index (κ2) is 6.35. The molecule has 2 saturated heterocycles. The first-order valence-electron chi connectivity index (χ1n) is 9.16. The number of nitrogens with zero attached hydrogens (tertiary/aromatic N) is 5. The molecule has 5 N–H and O–H groups in total. The number of aliphatic hydroxyl groups excluding tert-OH is 3. The van der Waals surface area contributed by atoms with Crippen molar-refractivity contribution in [3.8, 4) is 0 Å². The molecule has 10 nitrogen and oxygen atoms in total. The number of hydrogen-bond donors (Lipinski definition) is 4. The van der Waals surface area contributed by atoms with E-state index in [4.69, 9.17) is 10.5 Å². The van der Waals surface area contributed by atoms with Gasteiger partial charge in [0, 0.05) is 12.3 Å². The van der Waals surface area contributed by atoms with Gasteiger partial charge in [-0.1, -0.05) is 0 Å². The van der Waals surface area contributed by atoms with Crippen molar-refractivity contribution in [1.82, 2.24) is 19.5 Å². The lowest BCUT2D eigenvalue weighted by Crippen LogP contribution is -2.46. The molecule has 0 unspecified atom stereocenters. The maximum atomic E-state index is 10.9. The fourth-order valence-electron chi connectivity index (χ4n) is 4.35. The monoisotopic (exact) mass is 379 g/mol. The molecule has 10 heteroatoms. The van der Waals surface area contributed by atoms with Crippen molar-refractivity contribution < 1.29 is 24.5 Å². The fraction of sp³-hybridized carbons (Fsp3) is 0.706. The van der Waals surface area contributed by atoms with E-state index in [0.717, 1.165) is 17.4 Å². The van der Waals surface area contributed by atoms with E-state index < -0.39 is 30.6 Å². The molecule has 0 bridgehead atoms. The third-order valence-electron chi connectivity index (χ3n) is 6.30. The van der Waals surface area contributed by atoms with Crippen LogP contribution in [0.15, 0.2) is 12.7 Å². The summed E-state index contributed by atoms with van der Waals surface area (Å²) in [5.74, 6) is 0.210. The summed E-state index contributed by atoms with van der Waals surface area (Å²) < 4.78 is 8.24. The number of aromatic nitrogens is 4. The van der Waals surface area contributed by atoms with E-state index in [1.54, 1.807) is 0 Å². The number of hydrogen-bond acceptors (Lipinski definition) is 8. The SMILES string of the molecule is C[C@H]1C[C@H]([C@@H](O)[C@H]2O[C@@H](n3cnc4c(N)ncnc43)[C@H](O)[C@@H]2O)C[N+]1(C)C. The molecular weight excluding hydrogens is 352 g/mol. The van der Waals surface area contributed by atoms with E-state index in [1.807, 2.05) is 0 Å². The van der Waals surface area contributed by atoms with Crippen molar-refractivity contribution in [2.45, 2.75) is 50.0 Å². The highest BCUT2D eigenvalue weighted by Gasteiger charge is 2.52. The molecule has 4 heterocycles. The van der Waals surface area contributed by atoms with Gasteiger partial charge in [-0.05, 0) is 6.92 Å². The van der Waals surface area contributed by atoms with Crippen molar-refractivity contribution in [3.05, 3.63) is 12.7 Å². The third kappa shape index (κ3) is 2.88. The zero-order valence-electron chi connectivity index (χ0n) is 15.7. The topological polar surface area (TPSA) is 140 Å². The number of aliphatic hydroxyl groups is 3. The Labute approximate surface area is 156 Å². The Hall–Kier alpha value is -1.85. The zero-order valence-corrected chi connectivity index (χ0v) is 15.7. The maximum absolute atomic E-state index is 10.9. The van der Waals surface area contributed by atoms with Crippen LogP contribution in [-0.2, 0) is 4.74 Å². The molecule has 2 aliphatic rings. The van der Waals surface area contributed by atoms with Crippen LogP contribution in [0.2, 0.25) is 0 Å². The normalized spacial score (nSPS) is 37.1. The lowest BCUT2D eigenvalue weighted by atomic mass is 9.92. The van der Waals surface area contributed by atoms with Crippen LogP contribution in [0.4, 0.5) is 5.82 Å². The molecule has 27 heavy (non-hydrogen) atoms. The number of likely N-dealkylation sites (tertiary alicyclic amines) is 1. The minimum Gasteiger partial charge on any atom is -0.390 e. The van der Waals surface area contributed by atoms with Crippen LogP contribution in [-0.4, -0.2) is 90.4 Å². The van der Waals surface area contributed by atoms with E-state index in [-0.39, 0.29) is 11.7 Å². The highest BCUT2D eigenvalue weighted by atomic mass is 16.6. The van der Waals surface area contributed by atoms with E-state index in [1.165, 1.54) is 17.2 Å². The Kier molecular flexibility index (Phi) is 4.35. The molecule has 0 saturated carbocycles. The summed E-state index contributed by atoms with van der Waals surface area (Å²) in [6, 6.07) is 0.404. The lowest BCUT2D eigenvalue weighted by molar-refractivity contribution is -0.901. The van der Waals surface area contributed by atoms with Crippen LogP contribution < -0.4 is 5.73 Å². The smallest absolute Gasteiger partial charge is 0.167 e. The van der Waals surface area contributed by atoms with Gasteiger partial charge in [-0.2, -0.15) is 0 Å². The van der Waals surface area contributed by atoms with Gasteiger partial charge in [0.05, 0.1) is 39.1 Å². The number of rotatable bonds is 3. The molecule has 2 aromatic heterocycles. The summed E-state index contributed by atoms with van der Waals surface area (Å²) in [5, 5.41) is 32.0. The molecule has 0 spiro atoms. The standard InChI is InChI=1S/C17H27N6O4/c1-8-4-9(5-23(8,2)3)11(24)14-12(25)13(26)17(27-14)22-7-21-10-15(18)19-6-20-16(10)22/h6-9,11-14,17,24-26H,4-5H2,1-3H3,(H2,18,19,20)/q+1/t8-,9-,11+,12-,13+,14+,17+/m0/s1. The molecule has 0 aromatic carbocycles. The molecule has 0 amide bonds. The summed E-state index contributed by atoms with van der Waals surface area (Å²) in [5.41, 5.74) is 6.61. The summed E-state index contributed by atoms with van der Waals surface area (Å²) in [7, 11) is 4.26. The fourth-order valence-corrected chi connectivity index (χ4v) is 4.35. The molecule has 4 rings (SSSR count). The van der Waals surface area contributed by atoms with Gasteiger partial charge < -0.3 is 30.3 Å². The van der Waals surface area contributed by atoms with Gasteiger partial charge >= 0.3 is 0 Å². The molecule has 0 radical (unpaired) electrons. The first-order chi connectivity index (χ1) is 12.7. The quantitative estimate of drug-likeness (QED) is 0.492. The maximum Gasteiger partial charge on any atom is 0.167 e.